The van der Waals surface area contributed by atoms with Crippen LogP contribution < -0.4 is 0 Å². The van der Waals surface area contributed by atoms with Gasteiger partial charge < -0.3 is 9.84 Å². The summed E-state index contributed by atoms with van der Waals surface area (Å²) in [6.45, 7) is 7.24. The molecule has 2 atom stereocenters. The molecule has 1 aromatic heterocycles. The quantitative estimate of drug-likeness (QED) is 0.872. The molecule has 0 amide bonds. The van der Waals surface area contributed by atoms with Gasteiger partial charge in [-0.15, -0.1) is 0 Å². The van der Waals surface area contributed by atoms with E-state index in [0.717, 1.165) is 49.2 Å². The first kappa shape index (κ1) is 13.6. The largest absolute Gasteiger partial charge is 0.392 e. The summed E-state index contributed by atoms with van der Waals surface area (Å²) >= 11 is 0. The summed E-state index contributed by atoms with van der Waals surface area (Å²) in [6, 6.07) is 0. The lowest BCUT2D eigenvalue weighted by molar-refractivity contribution is 0.0431. The fraction of sp³-hybridized carbons (Fsp3) is 0.786. The number of aromatic nitrogens is 2. The van der Waals surface area contributed by atoms with Crippen LogP contribution in [0.15, 0.2) is 0 Å². The van der Waals surface area contributed by atoms with Gasteiger partial charge in [-0.2, -0.15) is 5.10 Å². The molecule has 0 aliphatic carbocycles. The molecule has 0 bridgehead atoms. The summed E-state index contributed by atoms with van der Waals surface area (Å²) in [6.07, 6.45) is 4.68. The van der Waals surface area contributed by atoms with Crippen molar-refractivity contribution in [1.82, 2.24) is 9.78 Å². The third kappa shape index (κ3) is 2.59. The highest BCUT2D eigenvalue weighted by Crippen LogP contribution is 2.23. The molecule has 0 spiro atoms. The third-order valence-corrected chi connectivity index (χ3v) is 3.77. The van der Waals surface area contributed by atoms with Crippen LogP contribution in [0.2, 0.25) is 0 Å². The maximum Gasteiger partial charge on any atom is 0.0775 e. The van der Waals surface area contributed by atoms with Gasteiger partial charge in [-0.25, -0.2) is 0 Å². The zero-order valence-electron chi connectivity index (χ0n) is 11.6. The summed E-state index contributed by atoms with van der Waals surface area (Å²) in [5.74, 6) is 0. The Morgan fingerprint density at radius 1 is 1.33 bits per heavy atom. The molecule has 1 aromatic rings. The lowest BCUT2D eigenvalue weighted by Gasteiger charge is -2.13. The van der Waals surface area contributed by atoms with Crippen molar-refractivity contribution in [3.8, 4) is 0 Å². The molecular weight excluding hydrogens is 228 g/mol. The van der Waals surface area contributed by atoms with Gasteiger partial charge in [0.1, 0.15) is 0 Å². The lowest BCUT2D eigenvalue weighted by atomic mass is 10.1. The van der Waals surface area contributed by atoms with Crippen LogP contribution in [0.1, 0.15) is 50.6 Å². The molecule has 2 unspecified atom stereocenters. The van der Waals surface area contributed by atoms with Crippen LogP contribution in [-0.2, 0) is 30.7 Å². The number of hydrogen-bond donors (Lipinski definition) is 1. The monoisotopic (exact) mass is 252 g/mol. The van der Waals surface area contributed by atoms with Crippen LogP contribution in [0.3, 0.4) is 0 Å². The van der Waals surface area contributed by atoms with Gasteiger partial charge >= 0.3 is 0 Å². The SMILES string of the molecule is CCc1nn(CC2CCC(C)O2)c(CC)c1CO. The van der Waals surface area contributed by atoms with Gasteiger partial charge in [0.2, 0.25) is 0 Å². The minimum absolute atomic E-state index is 0.0915. The third-order valence-electron chi connectivity index (χ3n) is 3.77. The van der Waals surface area contributed by atoms with Crippen molar-refractivity contribution in [2.45, 2.75) is 71.8 Å². The minimum Gasteiger partial charge on any atom is -0.392 e. The second kappa shape index (κ2) is 5.85. The number of ether oxygens (including phenoxy) is 1. The predicted octanol–water partition coefficient (Wildman–Crippen LogP) is 2.07. The van der Waals surface area contributed by atoms with E-state index in [4.69, 9.17) is 4.74 Å². The van der Waals surface area contributed by atoms with Crippen molar-refractivity contribution in [2.24, 2.45) is 0 Å². The van der Waals surface area contributed by atoms with E-state index in [-0.39, 0.29) is 12.7 Å². The molecule has 4 nitrogen and oxygen atoms in total. The van der Waals surface area contributed by atoms with Crippen molar-refractivity contribution in [3.63, 3.8) is 0 Å². The van der Waals surface area contributed by atoms with Crippen LogP contribution >= 0.6 is 0 Å². The van der Waals surface area contributed by atoms with Crippen molar-refractivity contribution < 1.29 is 9.84 Å². The first-order valence-electron chi connectivity index (χ1n) is 7.03. The molecule has 4 heteroatoms. The van der Waals surface area contributed by atoms with Gasteiger partial charge in [-0.05, 0) is 32.6 Å². The number of aryl methyl sites for hydroxylation is 1. The number of aliphatic hydroxyl groups is 1. The van der Waals surface area contributed by atoms with Crippen LogP contribution in [0.25, 0.3) is 0 Å². The number of hydrogen-bond acceptors (Lipinski definition) is 3. The van der Waals surface area contributed by atoms with Gasteiger partial charge in [-0.1, -0.05) is 13.8 Å². The molecule has 1 aliphatic heterocycles. The fourth-order valence-corrected chi connectivity index (χ4v) is 2.81. The number of nitrogens with zero attached hydrogens (tertiary/aromatic N) is 2. The first-order valence-corrected chi connectivity index (χ1v) is 7.03. The summed E-state index contributed by atoms with van der Waals surface area (Å²) in [5, 5.41) is 14.1. The summed E-state index contributed by atoms with van der Waals surface area (Å²) in [5.41, 5.74) is 3.21. The minimum atomic E-state index is 0.0915. The van der Waals surface area contributed by atoms with E-state index >= 15 is 0 Å². The van der Waals surface area contributed by atoms with E-state index in [1.54, 1.807) is 0 Å². The van der Waals surface area contributed by atoms with E-state index in [2.05, 4.69) is 25.9 Å². The Balaban J connectivity index is 2.18. The molecular formula is C14H24N2O2. The number of rotatable bonds is 5. The highest BCUT2D eigenvalue weighted by Gasteiger charge is 2.24. The molecule has 0 radical (unpaired) electrons. The average molecular weight is 252 g/mol. The topological polar surface area (TPSA) is 47.3 Å². The van der Waals surface area contributed by atoms with E-state index < -0.39 is 0 Å². The molecule has 18 heavy (non-hydrogen) atoms. The molecule has 1 saturated heterocycles. The Morgan fingerprint density at radius 2 is 2.11 bits per heavy atom. The molecule has 2 rings (SSSR count). The highest BCUT2D eigenvalue weighted by molar-refractivity contribution is 5.26. The van der Waals surface area contributed by atoms with Gasteiger partial charge in [0.15, 0.2) is 0 Å². The molecule has 1 aliphatic rings. The van der Waals surface area contributed by atoms with Crippen LogP contribution in [0.5, 0.6) is 0 Å². The summed E-state index contributed by atoms with van der Waals surface area (Å²) in [4.78, 5) is 0. The Kier molecular flexibility index (Phi) is 4.40. The van der Waals surface area contributed by atoms with Crippen LogP contribution in [-0.4, -0.2) is 27.1 Å². The smallest absolute Gasteiger partial charge is 0.0775 e. The molecule has 102 valence electrons. The van der Waals surface area contributed by atoms with Crippen molar-refractivity contribution in [2.75, 3.05) is 0 Å². The Hall–Kier alpha value is -0.870. The van der Waals surface area contributed by atoms with Gasteiger partial charge in [0, 0.05) is 11.3 Å². The van der Waals surface area contributed by atoms with Crippen molar-refractivity contribution in [3.05, 3.63) is 17.0 Å². The molecule has 2 heterocycles. The lowest BCUT2D eigenvalue weighted by Crippen LogP contribution is -2.19. The Bertz CT molecular complexity index is 401. The number of aliphatic hydroxyl groups excluding tert-OH is 1. The predicted molar refractivity (Wildman–Crippen MR) is 70.5 cm³/mol. The molecule has 1 fully saturated rings. The van der Waals surface area contributed by atoms with Crippen LogP contribution in [0, 0.1) is 0 Å². The van der Waals surface area contributed by atoms with Crippen LogP contribution in [0.4, 0.5) is 0 Å². The maximum absolute atomic E-state index is 9.49. The van der Waals surface area contributed by atoms with E-state index in [9.17, 15) is 5.11 Å². The molecule has 0 saturated carbocycles. The standard InChI is InChI=1S/C14H24N2O2/c1-4-13-12(9-17)14(5-2)16(15-13)8-11-7-6-10(3)18-11/h10-11,17H,4-9H2,1-3H3. The normalized spacial score (nSPS) is 23.8. The maximum atomic E-state index is 9.49. The molecule has 1 N–H and O–H groups in total. The van der Waals surface area contributed by atoms with E-state index in [0.29, 0.717) is 6.10 Å². The zero-order chi connectivity index (χ0) is 13.1. The Morgan fingerprint density at radius 3 is 2.61 bits per heavy atom. The van der Waals surface area contributed by atoms with Gasteiger partial charge in [0.05, 0.1) is 31.1 Å². The van der Waals surface area contributed by atoms with E-state index in [1.165, 1.54) is 0 Å². The van der Waals surface area contributed by atoms with Gasteiger partial charge in [-0.3, -0.25) is 4.68 Å². The second-order valence-electron chi connectivity index (χ2n) is 5.07. The average Bonchev–Trinajstić information content (AvgIpc) is 2.92. The van der Waals surface area contributed by atoms with Gasteiger partial charge in [0.25, 0.3) is 0 Å². The summed E-state index contributed by atoms with van der Waals surface area (Å²) < 4.78 is 7.91. The highest BCUT2D eigenvalue weighted by atomic mass is 16.5. The van der Waals surface area contributed by atoms with E-state index in [1.807, 2.05) is 4.68 Å². The first-order chi connectivity index (χ1) is 8.69. The second-order valence-corrected chi connectivity index (χ2v) is 5.07. The summed E-state index contributed by atoms with van der Waals surface area (Å²) in [7, 11) is 0. The zero-order valence-corrected chi connectivity index (χ0v) is 11.6. The van der Waals surface area contributed by atoms with Crippen molar-refractivity contribution >= 4 is 0 Å². The fourth-order valence-electron chi connectivity index (χ4n) is 2.81. The van der Waals surface area contributed by atoms with Crippen molar-refractivity contribution in [1.29, 1.82) is 0 Å². The molecule has 0 aromatic carbocycles. The Labute approximate surface area is 109 Å².